The van der Waals surface area contributed by atoms with Crippen molar-refractivity contribution < 1.29 is 17.5 Å². The number of halogens is 1. The Kier molecular flexibility index (Phi) is 7.36. The van der Waals surface area contributed by atoms with Crippen LogP contribution >= 0.6 is 0 Å². The molecule has 1 aromatic heterocycles. The summed E-state index contributed by atoms with van der Waals surface area (Å²) in [5, 5.41) is 0. The fraction of sp³-hybridized carbons (Fsp3) is 0.560. The van der Waals surface area contributed by atoms with Crippen LogP contribution in [0.25, 0.3) is 0 Å². The zero-order valence-corrected chi connectivity index (χ0v) is 20.1. The summed E-state index contributed by atoms with van der Waals surface area (Å²) in [6.07, 6.45) is 4.59. The lowest BCUT2D eigenvalue weighted by Crippen LogP contribution is -2.50. The third-order valence-electron chi connectivity index (χ3n) is 7.13. The van der Waals surface area contributed by atoms with Gasteiger partial charge >= 0.3 is 0 Å². The van der Waals surface area contributed by atoms with Crippen LogP contribution < -0.4 is 10.3 Å². The molecule has 33 heavy (non-hydrogen) atoms. The standard InChI is InChI=1S/C25H33FN2O4S/c1-3-33(30,31)27-23-15-12-19-11-8-17(2)25(29)28(19)24(23)16-32-20-13-9-18(10-14-20)21-6-4-5-7-22(21)26/h4-8,11,18,20,23-24,27H,3,9-10,12-16H2,1-2H3/t18?,20?,23-,24-/m0/s1. The quantitative estimate of drug-likeness (QED) is 0.659. The highest BCUT2D eigenvalue weighted by molar-refractivity contribution is 7.89. The second kappa shape index (κ2) is 10.1. The molecule has 0 bridgehead atoms. The first-order chi connectivity index (χ1) is 15.8. The summed E-state index contributed by atoms with van der Waals surface area (Å²) >= 11 is 0. The van der Waals surface area contributed by atoms with Crippen molar-refractivity contribution in [3.05, 3.63) is 69.4 Å². The number of nitrogens with zero attached hydrogens (tertiary/aromatic N) is 1. The first-order valence-electron chi connectivity index (χ1n) is 11.9. The molecule has 0 saturated heterocycles. The van der Waals surface area contributed by atoms with Crippen LogP contribution in [0.5, 0.6) is 0 Å². The van der Waals surface area contributed by atoms with Crippen molar-refractivity contribution in [3.8, 4) is 0 Å². The van der Waals surface area contributed by atoms with E-state index < -0.39 is 22.1 Å². The number of benzene rings is 1. The average Bonchev–Trinajstić information content (AvgIpc) is 2.81. The molecule has 2 heterocycles. The van der Waals surface area contributed by atoms with Gasteiger partial charge in [0.15, 0.2) is 0 Å². The third-order valence-corrected chi connectivity index (χ3v) is 8.55. The normalized spacial score (nSPS) is 25.5. The number of fused-ring (bicyclic) bond motifs is 1. The van der Waals surface area contributed by atoms with Gasteiger partial charge in [-0.25, -0.2) is 17.5 Å². The second-order valence-electron chi connectivity index (χ2n) is 9.25. The van der Waals surface area contributed by atoms with Crippen molar-refractivity contribution in [2.45, 2.75) is 76.5 Å². The molecule has 1 fully saturated rings. The molecule has 1 N–H and O–H groups in total. The Balaban J connectivity index is 1.47. The van der Waals surface area contributed by atoms with Gasteiger partial charge in [-0.3, -0.25) is 4.79 Å². The van der Waals surface area contributed by atoms with Gasteiger partial charge in [0.25, 0.3) is 5.56 Å². The highest BCUT2D eigenvalue weighted by Crippen LogP contribution is 2.36. The fourth-order valence-electron chi connectivity index (χ4n) is 5.16. The molecule has 2 atom stereocenters. The topological polar surface area (TPSA) is 77.4 Å². The molecule has 0 amide bonds. The monoisotopic (exact) mass is 476 g/mol. The lowest BCUT2D eigenvalue weighted by atomic mass is 9.82. The van der Waals surface area contributed by atoms with Gasteiger partial charge in [-0.05, 0) is 76.0 Å². The molecule has 1 aliphatic carbocycles. The van der Waals surface area contributed by atoms with Crippen LogP contribution in [0.4, 0.5) is 4.39 Å². The third kappa shape index (κ3) is 5.39. The van der Waals surface area contributed by atoms with Crippen LogP contribution in [0.15, 0.2) is 41.2 Å². The van der Waals surface area contributed by atoms with Crippen molar-refractivity contribution in [1.82, 2.24) is 9.29 Å². The molecule has 1 saturated carbocycles. The summed E-state index contributed by atoms with van der Waals surface area (Å²) in [5.41, 5.74) is 2.22. The molecule has 8 heteroatoms. The van der Waals surface area contributed by atoms with Crippen LogP contribution in [-0.4, -0.2) is 37.5 Å². The van der Waals surface area contributed by atoms with Gasteiger partial charge in [0.2, 0.25) is 10.0 Å². The Labute approximate surface area is 195 Å². The van der Waals surface area contributed by atoms with Crippen molar-refractivity contribution >= 4 is 10.0 Å². The molecular weight excluding hydrogens is 443 g/mol. The van der Waals surface area contributed by atoms with E-state index in [0.29, 0.717) is 18.4 Å². The fourth-order valence-corrected chi connectivity index (χ4v) is 6.06. The smallest absolute Gasteiger partial charge is 0.254 e. The van der Waals surface area contributed by atoms with Crippen LogP contribution in [0.3, 0.4) is 0 Å². The van der Waals surface area contributed by atoms with Gasteiger partial charge in [0.05, 0.1) is 24.5 Å². The number of aryl methyl sites for hydroxylation is 2. The number of hydrogen-bond acceptors (Lipinski definition) is 4. The van der Waals surface area contributed by atoms with Crippen LogP contribution in [0, 0.1) is 12.7 Å². The summed E-state index contributed by atoms with van der Waals surface area (Å²) in [6.45, 7) is 3.65. The molecule has 1 aliphatic heterocycles. The predicted molar refractivity (Wildman–Crippen MR) is 127 cm³/mol. The molecule has 180 valence electrons. The van der Waals surface area contributed by atoms with E-state index in [1.807, 2.05) is 24.3 Å². The summed E-state index contributed by atoms with van der Waals surface area (Å²) in [6, 6.07) is 9.94. The van der Waals surface area contributed by atoms with Crippen LogP contribution in [0.1, 0.15) is 67.8 Å². The zero-order chi connectivity index (χ0) is 23.6. The number of nitrogens with one attached hydrogen (secondary N) is 1. The summed E-state index contributed by atoms with van der Waals surface area (Å²) in [7, 11) is -3.42. The van der Waals surface area contributed by atoms with E-state index in [4.69, 9.17) is 4.74 Å². The van der Waals surface area contributed by atoms with E-state index in [0.717, 1.165) is 36.9 Å². The predicted octanol–water partition coefficient (Wildman–Crippen LogP) is 3.83. The Morgan fingerprint density at radius 2 is 1.82 bits per heavy atom. The molecule has 0 unspecified atom stereocenters. The number of hydrogen-bond donors (Lipinski definition) is 1. The molecular formula is C25H33FN2O4S. The Bertz CT molecular complexity index is 1140. The maximum Gasteiger partial charge on any atom is 0.254 e. The summed E-state index contributed by atoms with van der Waals surface area (Å²) in [4.78, 5) is 13.0. The number of aromatic nitrogens is 1. The highest BCUT2D eigenvalue weighted by Gasteiger charge is 2.34. The van der Waals surface area contributed by atoms with Gasteiger partial charge < -0.3 is 9.30 Å². The Morgan fingerprint density at radius 3 is 2.52 bits per heavy atom. The summed E-state index contributed by atoms with van der Waals surface area (Å²) in [5.74, 6) is 0.0319. The van der Waals surface area contributed by atoms with E-state index in [9.17, 15) is 17.6 Å². The lowest BCUT2D eigenvalue weighted by molar-refractivity contribution is -0.00184. The van der Waals surface area contributed by atoms with E-state index in [1.165, 1.54) is 6.07 Å². The van der Waals surface area contributed by atoms with Gasteiger partial charge in [-0.2, -0.15) is 0 Å². The van der Waals surface area contributed by atoms with Crippen LogP contribution in [-0.2, 0) is 21.2 Å². The maximum absolute atomic E-state index is 14.2. The number of rotatable bonds is 7. The summed E-state index contributed by atoms with van der Waals surface area (Å²) < 4.78 is 49.6. The van der Waals surface area contributed by atoms with E-state index in [2.05, 4.69) is 4.72 Å². The molecule has 4 rings (SSSR count). The first kappa shape index (κ1) is 24.1. The molecule has 1 aromatic carbocycles. The van der Waals surface area contributed by atoms with Gasteiger partial charge in [0, 0.05) is 17.3 Å². The van der Waals surface area contributed by atoms with E-state index in [1.54, 1.807) is 24.5 Å². The molecule has 2 aliphatic rings. The minimum atomic E-state index is -3.42. The maximum atomic E-state index is 14.2. The van der Waals surface area contributed by atoms with Gasteiger partial charge in [-0.1, -0.05) is 24.3 Å². The lowest BCUT2D eigenvalue weighted by Gasteiger charge is -2.37. The first-order valence-corrected chi connectivity index (χ1v) is 13.5. The number of ether oxygens (including phenoxy) is 1. The Morgan fingerprint density at radius 1 is 1.09 bits per heavy atom. The van der Waals surface area contributed by atoms with Crippen molar-refractivity contribution in [2.24, 2.45) is 0 Å². The van der Waals surface area contributed by atoms with Crippen molar-refractivity contribution in [2.75, 3.05) is 12.4 Å². The van der Waals surface area contributed by atoms with Gasteiger partial charge in [-0.15, -0.1) is 0 Å². The highest BCUT2D eigenvalue weighted by atomic mass is 32.2. The number of pyridine rings is 1. The minimum Gasteiger partial charge on any atom is -0.376 e. The molecule has 6 nitrogen and oxygen atoms in total. The molecule has 0 spiro atoms. The second-order valence-corrected chi connectivity index (χ2v) is 11.3. The largest absolute Gasteiger partial charge is 0.376 e. The number of sulfonamides is 1. The Hall–Kier alpha value is -2.03. The molecule has 2 aromatic rings. The van der Waals surface area contributed by atoms with Crippen LogP contribution in [0.2, 0.25) is 0 Å². The average molecular weight is 477 g/mol. The van der Waals surface area contributed by atoms with Crippen molar-refractivity contribution in [1.29, 1.82) is 0 Å². The molecule has 0 radical (unpaired) electrons. The van der Waals surface area contributed by atoms with E-state index >= 15 is 0 Å². The van der Waals surface area contributed by atoms with Gasteiger partial charge in [0.1, 0.15) is 5.82 Å². The van der Waals surface area contributed by atoms with E-state index in [-0.39, 0.29) is 35.8 Å². The SMILES string of the molecule is CCS(=O)(=O)N[C@H]1CCc2ccc(C)c(=O)n2[C@H]1COC1CCC(c2ccccc2F)CC1. The van der Waals surface area contributed by atoms with Crippen molar-refractivity contribution in [3.63, 3.8) is 0 Å². The zero-order valence-electron chi connectivity index (χ0n) is 19.3. The minimum absolute atomic E-state index is 0.00723.